The van der Waals surface area contributed by atoms with E-state index in [1.807, 2.05) is 0 Å². The predicted molar refractivity (Wildman–Crippen MR) is 112 cm³/mol. The summed E-state index contributed by atoms with van der Waals surface area (Å²) in [7, 11) is 0. The molecule has 1 amide bonds. The predicted octanol–water partition coefficient (Wildman–Crippen LogP) is 4.06. The van der Waals surface area contributed by atoms with E-state index in [-0.39, 0.29) is 25.7 Å². The highest BCUT2D eigenvalue weighted by molar-refractivity contribution is 5.71. The molecule has 30 heavy (non-hydrogen) atoms. The zero-order chi connectivity index (χ0) is 22.5. The molecular formula is C22H36N2O6. The van der Waals surface area contributed by atoms with Gasteiger partial charge in [0.05, 0.1) is 19.6 Å². The molecule has 0 N–H and O–H groups in total. The van der Waals surface area contributed by atoms with Crippen LogP contribution in [-0.4, -0.2) is 53.2 Å². The molecule has 0 spiro atoms. The van der Waals surface area contributed by atoms with Gasteiger partial charge in [0, 0.05) is 17.4 Å². The normalized spacial score (nSPS) is 31.8. The second-order valence-corrected chi connectivity index (χ2v) is 9.12. The Hall–Kier alpha value is -2.12. The van der Waals surface area contributed by atoms with Crippen LogP contribution in [-0.2, 0) is 14.3 Å². The zero-order valence-electron chi connectivity index (χ0n) is 18.7. The number of amides is 1. The Labute approximate surface area is 179 Å². The lowest BCUT2D eigenvalue weighted by atomic mass is 9.75. The SMILES string of the molecule is C=C[C@@]1([N+](=O)[O-])CN(C(=O)OCC)CC[C@@H]1CC(=O)O[C@@H]1C[C@H](C)CC[C@H]1C(C)C. The summed E-state index contributed by atoms with van der Waals surface area (Å²) in [5.74, 6) is 0.241. The summed E-state index contributed by atoms with van der Waals surface area (Å²) in [6.45, 7) is 12.1. The van der Waals surface area contributed by atoms with Gasteiger partial charge in [-0.05, 0) is 50.0 Å². The molecule has 0 aromatic heterocycles. The standard InChI is InChI=1S/C22H36N2O6/c1-6-22(24(27)28)14-23(21(26)29-7-2)11-10-17(22)13-20(25)30-19-12-16(5)8-9-18(19)15(3)4/h6,15-19H,1,7-14H2,2-5H3/t16-,17-,18+,19-,22-/m1/s1. The van der Waals surface area contributed by atoms with Crippen LogP contribution in [0.4, 0.5) is 4.79 Å². The van der Waals surface area contributed by atoms with E-state index in [2.05, 4.69) is 27.4 Å². The zero-order valence-corrected chi connectivity index (χ0v) is 18.7. The third-order valence-corrected chi connectivity index (χ3v) is 6.78. The Morgan fingerprint density at radius 2 is 2.03 bits per heavy atom. The highest BCUT2D eigenvalue weighted by Gasteiger charge is 2.54. The van der Waals surface area contributed by atoms with Crippen LogP contribution in [0, 0.1) is 33.8 Å². The van der Waals surface area contributed by atoms with E-state index >= 15 is 0 Å². The minimum Gasteiger partial charge on any atom is -0.462 e. The first kappa shape index (κ1) is 24.2. The third-order valence-electron chi connectivity index (χ3n) is 6.78. The maximum absolute atomic E-state index is 12.8. The summed E-state index contributed by atoms with van der Waals surface area (Å²) in [6.07, 6.45) is 3.78. The van der Waals surface area contributed by atoms with Gasteiger partial charge in [-0.2, -0.15) is 0 Å². The van der Waals surface area contributed by atoms with Crippen LogP contribution in [0.2, 0.25) is 0 Å². The van der Waals surface area contributed by atoms with Crippen molar-refractivity contribution in [1.82, 2.24) is 4.90 Å². The Balaban J connectivity index is 2.11. The van der Waals surface area contributed by atoms with Gasteiger partial charge in [-0.25, -0.2) is 4.79 Å². The lowest BCUT2D eigenvalue weighted by molar-refractivity contribution is -0.568. The van der Waals surface area contributed by atoms with Crippen molar-refractivity contribution in [2.24, 2.45) is 23.7 Å². The summed E-state index contributed by atoms with van der Waals surface area (Å²) >= 11 is 0. The number of carbonyl (C=O) groups excluding carboxylic acids is 2. The minimum atomic E-state index is -1.60. The number of rotatable bonds is 7. The molecule has 0 aromatic rings. The fraction of sp³-hybridized carbons (Fsp3) is 0.818. The van der Waals surface area contributed by atoms with Crippen molar-refractivity contribution in [3.8, 4) is 0 Å². The van der Waals surface area contributed by atoms with Gasteiger partial charge in [0.25, 0.3) is 5.54 Å². The molecule has 1 saturated carbocycles. The van der Waals surface area contributed by atoms with Gasteiger partial charge < -0.3 is 14.4 Å². The van der Waals surface area contributed by atoms with Crippen LogP contribution in [0.25, 0.3) is 0 Å². The molecule has 2 rings (SSSR count). The number of esters is 1. The first-order chi connectivity index (χ1) is 14.1. The van der Waals surface area contributed by atoms with Gasteiger partial charge in [-0.1, -0.05) is 33.8 Å². The Morgan fingerprint density at radius 1 is 1.33 bits per heavy atom. The van der Waals surface area contributed by atoms with Gasteiger partial charge in [0.2, 0.25) is 0 Å². The Kier molecular flexibility index (Phi) is 8.26. The molecule has 1 aliphatic carbocycles. The number of hydrogen-bond donors (Lipinski definition) is 0. The van der Waals surface area contributed by atoms with Crippen molar-refractivity contribution < 1.29 is 24.0 Å². The monoisotopic (exact) mass is 424 g/mol. The van der Waals surface area contributed by atoms with E-state index in [4.69, 9.17) is 9.47 Å². The number of ether oxygens (including phenoxy) is 2. The lowest BCUT2D eigenvalue weighted by Gasteiger charge is -2.40. The Bertz CT molecular complexity index is 652. The average Bonchev–Trinajstić information content (AvgIpc) is 2.68. The molecule has 1 saturated heterocycles. The van der Waals surface area contributed by atoms with Gasteiger partial charge in [0.1, 0.15) is 6.10 Å². The van der Waals surface area contributed by atoms with E-state index in [0.717, 1.165) is 19.3 Å². The third kappa shape index (κ3) is 5.32. The van der Waals surface area contributed by atoms with Crippen LogP contribution in [0.1, 0.15) is 59.8 Å². The highest BCUT2D eigenvalue weighted by Crippen LogP contribution is 2.38. The van der Waals surface area contributed by atoms with Gasteiger partial charge in [-0.15, -0.1) is 0 Å². The van der Waals surface area contributed by atoms with Crippen LogP contribution >= 0.6 is 0 Å². The molecular weight excluding hydrogens is 388 g/mol. The van der Waals surface area contributed by atoms with Crippen molar-refractivity contribution >= 4 is 12.1 Å². The van der Waals surface area contributed by atoms with Gasteiger partial charge in [-0.3, -0.25) is 14.9 Å². The summed E-state index contributed by atoms with van der Waals surface area (Å²) < 4.78 is 10.9. The summed E-state index contributed by atoms with van der Waals surface area (Å²) in [4.78, 5) is 37.8. The second-order valence-electron chi connectivity index (χ2n) is 9.12. The molecule has 8 nitrogen and oxygen atoms in total. The van der Waals surface area contributed by atoms with E-state index in [0.29, 0.717) is 30.7 Å². The van der Waals surface area contributed by atoms with Crippen LogP contribution in [0.5, 0.6) is 0 Å². The van der Waals surface area contributed by atoms with Gasteiger partial charge in [0.15, 0.2) is 0 Å². The van der Waals surface area contributed by atoms with Crippen molar-refractivity contribution in [3.63, 3.8) is 0 Å². The van der Waals surface area contributed by atoms with E-state index < -0.39 is 28.4 Å². The van der Waals surface area contributed by atoms with Gasteiger partial charge >= 0.3 is 12.1 Å². The van der Waals surface area contributed by atoms with E-state index in [1.54, 1.807) is 6.92 Å². The molecule has 1 aliphatic heterocycles. The fourth-order valence-corrected chi connectivity index (χ4v) is 4.91. The quantitative estimate of drug-likeness (QED) is 0.264. The van der Waals surface area contributed by atoms with Crippen LogP contribution in [0.3, 0.4) is 0 Å². The summed E-state index contributed by atoms with van der Waals surface area (Å²) in [6, 6.07) is 0. The molecule has 8 heteroatoms. The smallest absolute Gasteiger partial charge is 0.410 e. The number of nitro groups is 1. The maximum Gasteiger partial charge on any atom is 0.410 e. The van der Waals surface area contributed by atoms with E-state index in [9.17, 15) is 19.7 Å². The van der Waals surface area contributed by atoms with Crippen molar-refractivity contribution in [2.45, 2.75) is 71.4 Å². The maximum atomic E-state index is 12.8. The molecule has 2 fully saturated rings. The first-order valence-corrected chi connectivity index (χ1v) is 11.0. The highest BCUT2D eigenvalue weighted by atomic mass is 16.6. The molecule has 170 valence electrons. The largest absolute Gasteiger partial charge is 0.462 e. The molecule has 1 heterocycles. The number of likely N-dealkylation sites (tertiary alicyclic amines) is 1. The topological polar surface area (TPSA) is 99.0 Å². The Morgan fingerprint density at radius 3 is 2.60 bits per heavy atom. The minimum absolute atomic E-state index is 0.0562. The molecule has 0 aromatic carbocycles. The first-order valence-electron chi connectivity index (χ1n) is 11.0. The van der Waals surface area contributed by atoms with Crippen LogP contribution in [0.15, 0.2) is 12.7 Å². The van der Waals surface area contributed by atoms with Crippen molar-refractivity contribution in [1.29, 1.82) is 0 Å². The molecule has 5 atom stereocenters. The lowest BCUT2D eigenvalue weighted by Crippen LogP contribution is -2.59. The number of carbonyl (C=O) groups is 2. The number of piperidine rings is 1. The number of nitrogens with zero attached hydrogens (tertiary/aromatic N) is 2. The van der Waals surface area contributed by atoms with Crippen molar-refractivity contribution in [2.75, 3.05) is 19.7 Å². The summed E-state index contributed by atoms with van der Waals surface area (Å²) in [5.41, 5.74) is -1.60. The van der Waals surface area contributed by atoms with Crippen molar-refractivity contribution in [3.05, 3.63) is 22.8 Å². The molecule has 0 radical (unpaired) electrons. The molecule has 0 bridgehead atoms. The van der Waals surface area contributed by atoms with Crippen LogP contribution < -0.4 is 0 Å². The number of hydrogen-bond acceptors (Lipinski definition) is 6. The molecule has 2 aliphatic rings. The van der Waals surface area contributed by atoms with E-state index in [1.165, 1.54) is 11.0 Å². The average molecular weight is 425 g/mol. The fourth-order valence-electron chi connectivity index (χ4n) is 4.91. The molecule has 0 unspecified atom stereocenters. The second kappa shape index (κ2) is 10.3. The summed E-state index contributed by atoms with van der Waals surface area (Å²) in [5, 5.41) is 12.0.